The highest BCUT2D eigenvalue weighted by molar-refractivity contribution is 6.31. The normalized spacial score (nSPS) is 12.4. The lowest BCUT2D eigenvalue weighted by molar-refractivity contribution is -0.150. The number of esters is 2. The predicted molar refractivity (Wildman–Crippen MR) is 139 cm³/mol. The number of rotatable bonds is 9. The number of hydrogen-bond donors (Lipinski definition) is 1. The number of nitrogens with one attached hydrogen (secondary N) is 1. The first-order valence-electron chi connectivity index (χ1n) is 11.6. The van der Waals surface area contributed by atoms with Crippen LogP contribution in [0.2, 0.25) is 10.0 Å². The first-order valence-corrected chi connectivity index (χ1v) is 12.3. The largest absolute Gasteiger partial charge is 0.493 e. The van der Waals surface area contributed by atoms with Gasteiger partial charge in [-0.1, -0.05) is 35.3 Å². The zero-order chi connectivity index (χ0) is 28.9. The highest BCUT2D eigenvalue weighted by Crippen LogP contribution is 2.34. The number of methoxy groups -OCH3 is 1. The molecule has 2 atom stereocenters. The molecule has 206 valence electrons. The highest BCUT2D eigenvalue weighted by Gasteiger charge is 2.30. The van der Waals surface area contributed by atoms with Crippen molar-refractivity contribution < 1.29 is 37.4 Å². The van der Waals surface area contributed by atoms with Crippen molar-refractivity contribution in [3.8, 4) is 11.5 Å². The molecule has 3 rings (SSSR count). The van der Waals surface area contributed by atoms with Gasteiger partial charge in [0.2, 0.25) is 5.75 Å². The molecule has 0 saturated carbocycles. The third-order valence-corrected chi connectivity index (χ3v) is 6.21. The molecule has 0 fully saturated rings. The number of amides is 1. The molecule has 0 aliphatic heterocycles. The maximum absolute atomic E-state index is 13.8. The Labute approximate surface area is 233 Å². The van der Waals surface area contributed by atoms with Crippen molar-refractivity contribution in [1.82, 2.24) is 10.3 Å². The van der Waals surface area contributed by atoms with Crippen molar-refractivity contribution in [1.29, 1.82) is 0 Å². The number of benzene rings is 2. The van der Waals surface area contributed by atoms with Gasteiger partial charge in [-0.3, -0.25) is 9.59 Å². The van der Waals surface area contributed by atoms with Crippen molar-refractivity contribution in [2.75, 3.05) is 7.11 Å². The van der Waals surface area contributed by atoms with E-state index in [9.17, 15) is 23.2 Å². The van der Waals surface area contributed by atoms with Crippen molar-refractivity contribution in [3.63, 3.8) is 0 Å². The monoisotopic (exact) mass is 580 g/mol. The number of aromatic nitrogens is 1. The Kier molecular flexibility index (Phi) is 9.82. The molecular formula is C27H24Cl2F2N2O6. The summed E-state index contributed by atoms with van der Waals surface area (Å²) >= 11 is 12.0. The molecule has 1 heterocycles. The Morgan fingerprint density at radius 3 is 2.00 bits per heavy atom. The maximum Gasteiger partial charge on any atom is 0.328 e. The van der Waals surface area contributed by atoms with E-state index in [1.807, 2.05) is 0 Å². The Balaban J connectivity index is 1.84. The van der Waals surface area contributed by atoms with Gasteiger partial charge < -0.3 is 19.5 Å². The smallest absolute Gasteiger partial charge is 0.328 e. The summed E-state index contributed by atoms with van der Waals surface area (Å²) in [6.45, 7) is 4.11. The first kappa shape index (κ1) is 29.8. The number of carbonyl (C=O) groups excluding carboxylic acids is 3. The van der Waals surface area contributed by atoms with E-state index >= 15 is 0 Å². The fourth-order valence-electron chi connectivity index (χ4n) is 3.82. The molecule has 3 aromatic rings. The summed E-state index contributed by atoms with van der Waals surface area (Å²) in [5.41, 5.74) is 0.678. The first-order chi connectivity index (χ1) is 18.4. The van der Waals surface area contributed by atoms with Crippen molar-refractivity contribution in [2.45, 2.75) is 38.8 Å². The topological polar surface area (TPSA) is 104 Å². The van der Waals surface area contributed by atoms with E-state index in [1.165, 1.54) is 50.6 Å². The summed E-state index contributed by atoms with van der Waals surface area (Å²) in [6.07, 6.45) is 0.379. The average Bonchev–Trinajstić information content (AvgIpc) is 2.88. The van der Waals surface area contributed by atoms with Gasteiger partial charge in [-0.25, -0.2) is 18.6 Å². The van der Waals surface area contributed by atoms with Crippen LogP contribution in [-0.4, -0.2) is 42.1 Å². The molecule has 1 aromatic heterocycles. The molecule has 12 heteroatoms. The molecule has 0 radical (unpaired) electrons. The summed E-state index contributed by atoms with van der Waals surface area (Å²) in [7, 11) is 1.32. The third kappa shape index (κ3) is 7.21. The number of pyridine rings is 1. The van der Waals surface area contributed by atoms with E-state index in [4.69, 9.17) is 37.4 Å². The second-order valence-electron chi connectivity index (χ2n) is 8.45. The quantitative estimate of drug-likeness (QED) is 0.334. The third-order valence-electron chi connectivity index (χ3n) is 5.63. The Morgan fingerprint density at radius 1 is 0.949 bits per heavy atom. The van der Waals surface area contributed by atoms with Gasteiger partial charge >= 0.3 is 11.9 Å². The van der Waals surface area contributed by atoms with Gasteiger partial charge in [0.15, 0.2) is 11.4 Å². The lowest BCUT2D eigenvalue weighted by Crippen LogP contribution is -2.41. The van der Waals surface area contributed by atoms with Crippen molar-refractivity contribution >= 4 is 41.0 Å². The van der Waals surface area contributed by atoms with Gasteiger partial charge in [0, 0.05) is 25.1 Å². The van der Waals surface area contributed by atoms with E-state index in [2.05, 4.69) is 10.3 Å². The van der Waals surface area contributed by atoms with Crippen LogP contribution in [0.15, 0.2) is 48.7 Å². The molecule has 2 aromatic carbocycles. The van der Waals surface area contributed by atoms with Gasteiger partial charge in [-0.15, -0.1) is 0 Å². The van der Waals surface area contributed by atoms with E-state index in [1.54, 1.807) is 6.92 Å². The number of ether oxygens (including phenoxy) is 3. The van der Waals surface area contributed by atoms with Crippen LogP contribution in [0.5, 0.6) is 11.5 Å². The van der Waals surface area contributed by atoms with Crippen LogP contribution in [0, 0.1) is 11.6 Å². The van der Waals surface area contributed by atoms with Crippen LogP contribution >= 0.6 is 23.2 Å². The lowest BCUT2D eigenvalue weighted by Gasteiger charge is -2.27. The summed E-state index contributed by atoms with van der Waals surface area (Å²) < 4.78 is 43.5. The highest BCUT2D eigenvalue weighted by atomic mass is 35.5. The SMILES string of the molecule is COc1ccnc(C(=O)N[C@@H](C)C(=O)O[C@@H](C)C(c2ccc(F)c(Cl)c2)c2ccc(F)c(Cl)c2)c1OC(C)=O. The van der Waals surface area contributed by atoms with Crippen LogP contribution in [0.4, 0.5) is 8.78 Å². The molecule has 1 amide bonds. The van der Waals surface area contributed by atoms with Crippen LogP contribution in [-0.2, 0) is 14.3 Å². The second kappa shape index (κ2) is 12.9. The fourth-order valence-corrected chi connectivity index (χ4v) is 4.20. The molecule has 0 saturated heterocycles. The minimum atomic E-state index is -1.17. The molecule has 0 aliphatic carbocycles. The zero-order valence-corrected chi connectivity index (χ0v) is 22.8. The Morgan fingerprint density at radius 2 is 1.51 bits per heavy atom. The van der Waals surface area contributed by atoms with Crippen LogP contribution in [0.25, 0.3) is 0 Å². The van der Waals surface area contributed by atoms with Gasteiger partial charge in [0.05, 0.1) is 17.2 Å². The molecule has 0 spiro atoms. The molecule has 0 unspecified atom stereocenters. The van der Waals surface area contributed by atoms with Crippen molar-refractivity contribution in [2.24, 2.45) is 0 Å². The van der Waals surface area contributed by atoms with E-state index in [0.717, 1.165) is 19.1 Å². The number of hydrogen-bond acceptors (Lipinski definition) is 7. The van der Waals surface area contributed by atoms with Crippen LogP contribution < -0.4 is 14.8 Å². The summed E-state index contributed by atoms with van der Waals surface area (Å²) in [6, 6.07) is 8.22. The zero-order valence-electron chi connectivity index (χ0n) is 21.3. The standard InChI is InChI=1S/C27H24Cl2F2N2O6/c1-13(33-26(35)24-25(39-15(3)34)22(37-4)9-10-32-24)27(36)38-14(2)23(16-5-7-20(30)18(28)11-16)17-6-8-21(31)19(29)12-17/h5-14,23H,1-4H3,(H,33,35)/t13-,14-/m0/s1. The molecule has 1 N–H and O–H groups in total. The van der Waals surface area contributed by atoms with E-state index in [0.29, 0.717) is 11.1 Å². The average molecular weight is 581 g/mol. The minimum Gasteiger partial charge on any atom is -0.493 e. The van der Waals surface area contributed by atoms with E-state index < -0.39 is 47.5 Å². The fraction of sp³-hybridized carbons (Fsp3) is 0.259. The Bertz CT molecular complexity index is 1350. The van der Waals surface area contributed by atoms with Gasteiger partial charge in [0.1, 0.15) is 23.8 Å². The number of nitrogens with zero attached hydrogens (tertiary/aromatic N) is 1. The molecule has 39 heavy (non-hydrogen) atoms. The van der Waals surface area contributed by atoms with Gasteiger partial charge in [-0.05, 0) is 49.2 Å². The predicted octanol–water partition coefficient (Wildman–Crippen LogP) is 5.48. The molecule has 0 bridgehead atoms. The molecule has 8 nitrogen and oxygen atoms in total. The van der Waals surface area contributed by atoms with Gasteiger partial charge in [0.25, 0.3) is 5.91 Å². The van der Waals surface area contributed by atoms with Crippen LogP contribution in [0.3, 0.4) is 0 Å². The summed E-state index contributed by atoms with van der Waals surface area (Å²) in [5.74, 6) is -4.47. The summed E-state index contributed by atoms with van der Waals surface area (Å²) in [4.78, 5) is 41.3. The molecular weight excluding hydrogens is 557 g/mol. The molecule has 0 aliphatic rings. The minimum absolute atomic E-state index is 0.0907. The number of carbonyl (C=O) groups is 3. The Hall–Kier alpha value is -3.76. The number of halogens is 4. The van der Waals surface area contributed by atoms with E-state index in [-0.39, 0.29) is 27.2 Å². The maximum atomic E-state index is 13.8. The second-order valence-corrected chi connectivity index (χ2v) is 9.26. The van der Waals surface area contributed by atoms with Gasteiger partial charge in [-0.2, -0.15) is 0 Å². The van der Waals surface area contributed by atoms with Crippen LogP contribution in [0.1, 0.15) is 48.3 Å². The van der Waals surface area contributed by atoms with Crippen molar-refractivity contribution in [3.05, 3.63) is 87.2 Å². The lowest BCUT2D eigenvalue weighted by atomic mass is 9.87. The summed E-state index contributed by atoms with van der Waals surface area (Å²) in [5, 5.41) is 2.15.